The van der Waals surface area contributed by atoms with E-state index < -0.39 is 6.04 Å². The molecule has 1 unspecified atom stereocenters. The second kappa shape index (κ2) is 10.9. The van der Waals surface area contributed by atoms with Crippen molar-refractivity contribution in [2.24, 2.45) is 0 Å². The first kappa shape index (κ1) is 22.0. The molecule has 2 amide bonds. The van der Waals surface area contributed by atoms with Crippen molar-refractivity contribution in [2.45, 2.75) is 19.5 Å². The van der Waals surface area contributed by atoms with Gasteiger partial charge in [0.05, 0.1) is 11.6 Å². The predicted octanol–water partition coefficient (Wildman–Crippen LogP) is 2.90. The van der Waals surface area contributed by atoms with Crippen LogP contribution in [0.2, 0.25) is 10.0 Å². The number of aliphatic hydroxyl groups excluding tert-OH is 1. The Hall–Kier alpha value is -2.28. The highest BCUT2D eigenvalue weighted by Crippen LogP contribution is 2.23. The first-order valence-electron chi connectivity index (χ1n) is 8.72. The van der Waals surface area contributed by atoms with Gasteiger partial charge in [-0.05, 0) is 36.8 Å². The number of aliphatic hydroxyl groups is 1. The lowest BCUT2D eigenvalue weighted by Gasteiger charge is -2.28. The molecular weight excluding hydrogens is 403 g/mol. The van der Waals surface area contributed by atoms with E-state index >= 15 is 0 Å². The molecule has 0 bridgehead atoms. The Morgan fingerprint density at radius 3 is 2.46 bits per heavy atom. The maximum Gasteiger partial charge on any atom is 0.261 e. The van der Waals surface area contributed by atoms with Gasteiger partial charge in [0.1, 0.15) is 11.8 Å². The van der Waals surface area contributed by atoms with Crippen molar-refractivity contribution in [2.75, 3.05) is 19.8 Å². The Labute approximate surface area is 174 Å². The van der Waals surface area contributed by atoms with Crippen molar-refractivity contribution in [1.82, 2.24) is 10.2 Å². The highest BCUT2D eigenvalue weighted by atomic mass is 35.5. The average Bonchev–Trinajstić information content (AvgIpc) is 2.70. The summed E-state index contributed by atoms with van der Waals surface area (Å²) in [6.07, 6.45) is 0. The molecule has 0 heterocycles. The highest BCUT2D eigenvalue weighted by molar-refractivity contribution is 6.32. The van der Waals surface area contributed by atoms with Gasteiger partial charge in [-0.25, -0.2) is 0 Å². The SMILES string of the molecule is CC(C(=O)NCCO)N(Cc1ccc(Cl)cc1)C(=O)COc1ccccc1Cl. The van der Waals surface area contributed by atoms with Crippen molar-refractivity contribution >= 4 is 35.0 Å². The van der Waals surface area contributed by atoms with Gasteiger partial charge in [-0.1, -0.05) is 47.5 Å². The number of halogens is 2. The third-order valence-corrected chi connectivity index (χ3v) is 4.60. The van der Waals surface area contributed by atoms with Crippen LogP contribution in [0.5, 0.6) is 5.75 Å². The lowest BCUT2D eigenvalue weighted by atomic mass is 10.1. The minimum atomic E-state index is -0.760. The molecule has 6 nitrogen and oxygen atoms in total. The lowest BCUT2D eigenvalue weighted by Crippen LogP contribution is -2.49. The molecule has 0 saturated carbocycles. The Balaban J connectivity index is 2.13. The maximum absolute atomic E-state index is 12.8. The lowest BCUT2D eigenvalue weighted by molar-refractivity contribution is -0.142. The number of rotatable bonds is 9. The van der Waals surface area contributed by atoms with Gasteiger partial charge in [0.25, 0.3) is 5.91 Å². The smallest absolute Gasteiger partial charge is 0.261 e. The number of benzene rings is 2. The first-order chi connectivity index (χ1) is 13.4. The largest absolute Gasteiger partial charge is 0.482 e. The van der Waals surface area contributed by atoms with Crippen LogP contribution < -0.4 is 10.1 Å². The van der Waals surface area contributed by atoms with Crippen molar-refractivity contribution in [3.63, 3.8) is 0 Å². The molecule has 0 saturated heterocycles. The number of nitrogens with zero attached hydrogens (tertiary/aromatic N) is 1. The second-order valence-electron chi connectivity index (χ2n) is 6.06. The van der Waals surface area contributed by atoms with E-state index in [0.717, 1.165) is 5.56 Å². The van der Waals surface area contributed by atoms with Gasteiger partial charge in [0.2, 0.25) is 5.91 Å². The Bertz CT molecular complexity index is 799. The quantitative estimate of drug-likeness (QED) is 0.648. The third kappa shape index (κ3) is 6.41. The van der Waals surface area contributed by atoms with Crippen LogP contribution in [0.25, 0.3) is 0 Å². The van der Waals surface area contributed by atoms with Crippen LogP contribution in [0.15, 0.2) is 48.5 Å². The molecule has 0 aliphatic carbocycles. The summed E-state index contributed by atoms with van der Waals surface area (Å²) in [6.45, 7) is 1.49. The van der Waals surface area contributed by atoms with Crippen LogP contribution in [0, 0.1) is 0 Å². The fourth-order valence-electron chi connectivity index (χ4n) is 2.48. The van der Waals surface area contributed by atoms with E-state index in [1.165, 1.54) is 4.90 Å². The number of carbonyl (C=O) groups is 2. The molecule has 0 radical (unpaired) electrons. The van der Waals surface area contributed by atoms with Gasteiger partial charge in [0, 0.05) is 18.1 Å². The number of nitrogens with one attached hydrogen (secondary N) is 1. The molecular formula is C20H22Cl2N2O4. The zero-order valence-corrected chi connectivity index (χ0v) is 16.9. The van der Waals surface area contributed by atoms with Crippen LogP contribution in [0.4, 0.5) is 0 Å². The minimum absolute atomic E-state index is 0.113. The second-order valence-corrected chi connectivity index (χ2v) is 6.90. The van der Waals surface area contributed by atoms with E-state index in [4.69, 9.17) is 33.0 Å². The van der Waals surface area contributed by atoms with Crippen LogP contribution in [0.3, 0.4) is 0 Å². The zero-order chi connectivity index (χ0) is 20.5. The fourth-order valence-corrected chi connectivity index (χ4v) is 2.80. The van der Waals surface area contributed by atoms with Crippen molar-refractivity contribution < 1.29 is 19.4 Å². The molecule has 8 heteroatoms. The number of amides is 2. The summed E-state index contributed by atoms with van der Waals surface area (Å²) in [7, 11) is 0. The summed E-state index contributed by atoms with van der Waals surface area (Å²) in [4.78, 5) is 26.6. The number of hydrogen-bond acceptors (Lipinski definition) is 4. The van der Waals surface area contributed by atoms with Crippen LogP contribution in [0.1, 0.15) is 12.5 Å². The average molecular weight is 425 g/mol. The summed E-state index contributed by atoms with van der Waals surface area (Å²) in [5, 5.41) is 12.5. The monoisotopic (exact) mass is 424 g/mol. The van der Waals surface area contributed by atoms with Crippen LogP contribution in [-0.4, -0.2) is 47.6 Å². The van der Waals surface area contributed by atoms with E-state index in [0.29, 0.717) is 15.8 Å². The molecule has 2 aromatic carbocycles. The van der Waals surface area contributed by atoms with E-state index in [2.05, 4.69) is 5.32 Å². The van der Waals surface area contributed by atoms with Crippen LogP contribution >= 0.6 is 23.2 Å². The molecule has 2 rings (SSSR count). The molecule has 0 aromatic heterocycles. The summed E-state index contributed by atoms with van der Waals surface area (Å²) < 4.78 is 5.53. The zero-order valence-electron chi connectivity index (χ0n) is 15.4. The van der Waals surface area contributed by atoms with Gasteiger partial charge in [-0.3, -0.25) is 9.59 Å². The first-order valence-corrected chi connectivity index (χ1v) is 9.47. The van der Waals surface area contributed by atoms with E-state index in [1.807, 2.05) is 0 Å². The number of para-hydroxylation sites is 1. The third-order valence-electron chi connectivity index (χ3n) is 4.03. The Kier molecular flexibility index (Phi) is 8.57. The molecule has 0 aliphatic rings. The molecule has 0 aliphatic heterocycles. The molecule has 28 heavy (non-hydrogen) atoms. The standard InChI is InChI=1S/C20H22Cl2N2O4/c1-14(20(27)23-10-11-25)24(12-15-6-8-16(21)9-7-15)19(26)13-28-18-5-3-2-4-17(18)22/h2-9,14,25H,10-13H2,1H3,(H,23,27). The summed E-state index contributed by atoms with van der Waals surface area (Å²) in [5.41, 5.74) is 0.817. The van der Waals surface area contributed by atoms with Crippen molar-refractivity contribution in [3.8, 4) is 5.75 Å². The summed E-state index contributed by atoms with van der Waals surface area (Å²) in [5.74, 6) is -0.350. The molecule has 2 aromatic rings. The van der Waals surface area contributed by atoms with E-state index in [-0.39, 0.29) is 38.1 Å². The Morgan fingerprint density at radius 1 is 1.14 bits per heavy atom. The topological polar surface area (TPSA) is 78.9 Å². The normalized spacial score (nSPS) is 11.6. The van der Waals surface area contributed by atoms with Gasteiger partial charge < -0.3 is 20.1 Å². The number of ether oxygens (including phenoxy) is 1. The van der Waals surface area contributed by atoms with Crippen LogP contribution in [-0.2, 0) is 16.1 Å². The van der Waals surface area contributed by atoms with Crippen molar-refractivity contribution in [1.29, 1.82) is 0 Å². The summed E-state index contributed by atoms with van der Waals surface area (Å²) >= 11 is 12.0. The van der Waals surface area contributed by atoms with E-state index in [1.54, 1.807) is 55.5 Å². The molecule has 0 fully saturated rings. The van der Waals surface area contributed by atoms with Gasteiger partial charge in [-0.15, -0.1) is 0 Å². The fraction of sp³-hybridized carbons (Fsp3) is 0.300. The van der Waals surface area contributed by atoms with Gasteiger partial charge in [-0.2, -0.15) is 0 Å². The molecule has 1 atom stereocenters. The Morgan fingerprint density at radius 2 is 1.82 bits per heavy atom. The number of hydrogen-bond donors (Lipinski definition) is 2. The van der Waals surface area contributed by atoms with E-state index in [9.17, 15) is 9.59 Å². The van der Waals surface area contributed by atoms with Gasteiger partial charge in [0.15, 0.2) is 6.61 Å². The molecule has 150 valence electrons. The summed E-state index contributed by atoms with van der Waals surface area (Å²) in [6, 6.07) is 13.1. The van der Waals surface area contributed by atoms with Gasteiger partial charge >= 0.3 is 0 Å². The minimum Gasteiger partial charge on any atom is -0.482 e. The van der Waals surface area contributed by atoms with Crippen molar-refractivity contribution in [3.05, 3.63) is 64.1 Å². The molecule has 2 N–H and O–H groups in total. The predicted molar refractivity (Wildman–Crippen MR) is 109 cm³/mol. The molecule has 0 spiro atoms. The highest BCUT2D eigenvalue weighted by Gasteiger charge is 2.26. The maximum atomic E-state index is 12.8. The number of carbonyl (C=O) groups excluding carboxylic acids is 2.